The van der Waals surface area contributed by atoms with Crippen LogP contribution in [0.15, 0.2) is 48.7 Å². The number of hydrogen-bond donors (Lipinski definition) is 1. The van der Waals surface area contributed by atoms with Crippen LogP contribution in [-0.4, -0.2) is 29.8 Å². The molecule has 0 spiro atoms. The molecule has 0 bridgehead atoms. The first kappa shape index (κ1) is 17.8. The zero-order chi connectivity index (χ0) is 16.4. The maximum Gasteiger partial charge on any atom is 0.140 e. The van der Waals surface area contributed by atoms with Gasteiger partial charge in [0.15, 0.2) is 0 Å². The van der Waals surface area contributed by atoms with Crippen molar-refractivity contribution in [1.82, 2.24) is 14.9 Å². The van der Waals surface area contributed by atoms with E-state index in [1.807, 2.05) is 24.4 Å². The van der Waals surface area contributed by atoms with E-state index in [4.69, 9.17) is 4.74 Å². The number of halogens is 1. The third-order valence-corrected chi connectivity index (χ3v) is 4.94. The van der Waals surface area contributed by atoms with Gasteiger partial charge in [0.25, 0.3) is 0 Å². The van der Waals surface area contributed by atoms with Crippen LogP contribution < -0.4 is 10.1 Å². The third-order valence-electron chi connectivity index (χ3n) is 4.94. The van der Waals surface area contributed by atoms with Crippen LogP contribution in [0, 0.1) is 0 Å². The molecule has 1 aromatic carbocycles. The smallest absolute Gasteiger partial charge is 0.140 e. The molecule has 25 heavy (non-hydrogen) atoms. The van der Waals surface area contributed by atoms with Crippen LogP contribution in [0.1, 0.15) is 30.0 Å². The summed E-state index contributed by atoms with van der Waals surface area (Å²) < 4.78 is 7.66. The number of nitrogens with zero attached hydrogens (tertiary/aromatic N) is 2. The predicted molar refractivity (Wildman–Crippen MR) is 104 cm³/mol. The lowest BCUT2D eigenvalue weighted by Gasteiger charge is -2.24. The van der Waals surface area contributed by atoms with Crippen molar-refractivity contribution in [3.8, 4) is 5.75 Å². The van der Waals surface area contributed by atoms with Gasteiger partial charge in [-0.15, -0.1) is 12.4 Å². The Morgan fingerprint density at radius 2 is 1.92 bits per heavy atom. The van der Waals surface area contributed by atoms with E-state index in [-0.39, 0.29) is 12.4 Å². The zero-order valence-corrected chi connectivity index (χ0v) is 15.3. The molecule has 1 saturated heterocycles. The van der Waals surface area contributed by atoms with E-state index in [1.165, 1.54) is 29.5 Å². The molecule has 0 atom stereocenters. The molecule has 3 heterocycles. The highest BCUT2D eigenvalue weighted by molar-refractivity contribution is 5.85. The number of benzene rings is 1. The number of methoxy groups -OCH3 is 1. The fraction of sp³-hybridized carbons (Fsp3) is 0.350. The fourth-order valence-electron chi connectivity index (χ4n) is 3.64. The van der Waals surface area contributed by atoms with Crippen molar-refractivity contribution < 1.29 is 4.74 Å². The highest BCUT2D eigenvalue weighted by Gasteiger charge is 2.21. The van der Waals surface area contributed by atoms with Gasteiger partial charge >= 0.3 is 0 Å². The highest BCUT2D eigenvalue weighted by Crippen LogP contribution is 2.31. The van der Waals surface area contributed by atoms with Gasteiger partial charge in [-0.25, -0.2) is 4.98 Å². The van der Waals surface area contributed by atoms with Crippen molar-refractivity contribution in [1.29, 1.82) is 0 Å². The second-order valence-electron chi connectivity index (χ2n) is 6.44. The van der Waals surface area contributed by atoms with Crippen LogP contribution in [-0.2, 0) is 6.54 Å². The van der Waals surface area contributed by atoms with Crippen LogP contribution in [0.2, 0.25) is 0 Å². The highest BCUT2D eigenvalue weighted by atomic mass is 35.5. The van der Waals surface area contributed by atoms with Gasteiger partial charge in [0.1, 0.15) is 11.4 Å². The average Bonchev–Trinajstić information content (AvgIpc) is 3.02. The quantitative estimate of drug-likeness (QED) is 0.767. The lowest BCUT2D eigenvalue weighted by atomic mass is 9.94. The van der Waals surface area contributed by atoms with Gasteiger partial charge < -0.3 is 14.6 Å². The summed E-state index contributed by atoms with van der Waals surface area (Å²) in [4.78, 5) is 4.65. The molecule has 0 saturated carbocycles. The lowest BCUT2D eigenvalue weighted by Crippen LogP contribution is -2.27. The Kier molecular flexibility index (Phi) is 5.61. The summed E-state index contributed by atoms with van der Waals surface area (Å²) in [5.74, 6) is 1.51. The number of hydrogen-bond acceptors (Lipinski definition) is 3. The Bertz CT molecular complexity index is 823. The summed E-state index contributed by atoms with van der Waals surface area (Å²) in [5, 5.41) is 4.70. The monoisotopic (exact) mass is 357 g/mol. The lowest BCUT2D eigenvalue weighted by molar-refractivity contribution is 0.414. The first-order valence-electron chi connectivity index (χ1n) is 8.63. The minimum Gasteiger partial charge on any atom is -0.497 e. The molecule has 0 aliphatic carbocycles. The van der Waals surface area contributed by atoms with Gasteiger partial charge in [0, 0.05) is 29.7 Å². The predicted octanol–water partition coefficient (Wildman–Crippen LogP) is 3.98. The number of nitrogens with one attached hydrogen (secondary N) is 1. The van der Waals surface area contributed by atoms with Crippen molar-refractivity contribution in [2.24, 2.45) is 0 Å². The number of aromatic nitrogens is 2. The fourth-order valence-corrected chi connectivity index (χ4v) is 3.64. The van der Waals surface area contributed by atoms with E-state index < -0.39 is 0 Å². The van der Waals surface area contributed by atoms with E-state index in [0.29, 0.717) is 5.92 Å². The summed E-state index contributed by atoms with van der Waals surface area (Å²) in [7, 11) is 1.70. The zero-order valence-electron chi connectivity index (χ0n) is 14.4. The summed E-state index contributed by atoms with van der Waals surface area (Å²) in [6, 6.07) is 14.8. The summed E-state index contributed by atoms with van der Waals surface area (Å²) >= 11 is 0. The van der Waals surface area contributed by atoms with Crippen LogP contribution in [0.4, 0.5) is 0 Å². The summed E-state index contributed by atoms with van der Waals surface area (Å²) in [5.41, 5.74) is 3.78. The molecular formula is C20H24ClN3O. The van der Waals surface area contributed by atoms with Crippen molar-refractivity contribution in [2.45, 2.75) is 25.3 Å². The number of ether oxygens (including phenoxy) is 1. The van der Waals surface area contributed by atoms with Gasteiger partial charge in [-0.2, -0.15) is 0 Å². The first-order valence-corrected chi connectivity index (χ1v) is 8.63. The molecule has 2 aromatic heterocycles. The Morgan fingerprint density at radius 1 is 1.16 bits per heavy atom. The Balaban J connectivity index is 0.00000182. The van der Waals surface area contributed by atoms with Gasteiger partial charge in [0.2, 0.25) is 0 Å². The van der Waals surface area contributed by atoms with Crippen LogP contribution in [0.3, 0.4) is 0 Å². The molecule has 1 fully saturated rings. The van der Waals surface area contributed by atoms with Crippen molar-refractivity contribution in [2.75, 3.05) is 20.2 Å². The van der Waals surface area contributed by atoms with Gasteiger partial charge in [0.05, 0.1) is 7.11 Å². The van der Waals surface area contributed by atoms with Crippen molar-refractivity contribution in [3.05, 3.63) is 59.9 Å². The Morgan fingerprint density at radius 3 is 2.64 bits per heavy atom. The number of rotatable bonds is 4. The van der Waals surface area contributed by atoms with Crippen LogP contribution in [0.5, 0.6) is 5.75 Å². The van der Waals surface area contributed by atoms with Crippen molar-refractivity contribution >= 4 is 23.4 Å². The van der Waals surface area contributed by atoms with Crippen LogP contribution >= 0.6 is 12.4 Å². The molecule has 3 aromatic rings. The number of piperidine rings is 1. The van der Waals surface area contributed by atoms with Gasteiger partial charge in [-0.05, 0) is 61.8 Å². The SMILES string of the molecule is COc1ccc(Cn2c(C3CCNCC3)cc3cccnc32)cc1.Cl. The third kappa shape index (κ3) is 3.65. The molecule has 0 radical (unpaired) electrons. The Labute approximate surface area is 154 Å². The minimum atomic E-state index is 0. The van der Waals surface area contributed by atoms with E-state index in [1.54, 1.807) is 7.11 Å². The molecule has 1 aliphatic heterocycles. The van der Waals surface area contributed by atoms with E-state index >= 15 is 0 Å². The molecule has 1 aliphatic rings. The molecule has 132 valence electrons. The topological polar surface area (TPSA) is 39.1 Å². The first-order chi connectivity index (χ1) is 11.8. The van der Waals surface area contributed by atoms with Gasteiger partial charge in [-0.3, -0.25) is 0 Å². The van der Waals surface area contributed by atoms with E-state index in [2.05, 4.69) is 39.1 Å². The summed E-state index contributed by atoms with van der Waals surface area (Å²) in [6.07, 6.45) is 4.27. The standard InChI is InChI=1S/C20H23N3O.ClH/c1-24-18-6-4-15(5-7-18)14-23-19(16-8-11-21-12-9-16)13-17-3-2-10-22-20(17)23;/h2-7,10,13,16,21H,8-9,11-12,14H2,1H3;1H. The largest absolute Gasteiger partial charge is 0.497 e. The van der Waals surface area contributed by atoms with E-state index in [9.17, 15) is 0 Å². The van der Waals surface area contributed by atoms with E-state index in [0.717, 1.165) is 31.0 Å². The molecule has 5 heteroatoms. The second kappa shape index (κ2) is 7.89. The number of pyridine rings is 1. The number of fused-ring (bicyclic) bond motifs is 1. The second-order valence-corrected chi connectivity index (χ2v) is 6.44. The van der Waals surface area contributed by atoms with Crippen molar-refractivity contribution in [3.63, 3.8) is 0 Å². The maximum atomic E-state index is 5.27. The van der Waals surface area contributed by atoms with Crippen LogP contribution in [0.25, 0.3) is 11.0 Å². The molecular weight excluding hydrogens is 334 g/mol. The molecule has 4 nitrogen and oxygen atoms in total. The summed E-state index contributed by atoms with van der Waals surface area (Å²) in [6.45, 7) is 3.05. The Hall–Kier alpha value is -2.04. The molecule has 0 amide bonds. The maximum absolute atomic E-state index is 5.27. The average molecular weight is 358 g/mol. The van der Waals surface area contributed by atoms with Gasteiger partial charge in [-0.1, -0.05) is 12.1 Å². The molecule has 0 unspecified atom stereocenters. The molecule has 1 N–H and O–H groups in total. The molecule has 4 rings (SSSR count). The normalized spacial score (nSPS) is 15.1. The minimum absolute atomic E-state index is 0.